The smallest absolute Gasteiger partial charge is 0.114 e. The fourth-order valence-corrected chi connectivity index (χ4v) is 2.97. The van der Waals surface area contributed by atoms with E-state index >= 15 is 0 Å². The summed E-state index contributed by atoms with van der Waals surface area (Å²) in [4.78, 5) is 0. The van der Waals surface area contributed by atoms with Crippen molar-refractivity contribution >= 4 is 0 Å². The Morgan fingerprint density at radius 1 is 1.08 bits per heavy atom. The molecule has 0 aromatic rings. The number of rotatable bonds is 14. The fraction of sp³-hybridized carbons (Fsp3) is 0.895. The van der Waals surface area contributed by atoms with Crippen LogP contribution in [0.1, 0.15) is 64.7 Å². The predicted molar refractivity (Wildman–Crippen MR) is 94.9 cm³/mol. The Morgan fingerprint density at radius 3 is 2.42 bits per heavy atom. The van der Waals surface area contributed by atoms with Crippen molar-refractivity contribution in [3.8, 4) is 0 Å². The number of hydrogen-bond donors (Lipinski definition) is 3. The Kier molecular flexibility index (Phi) is 12.4. The van der Waals surface area contributed by atoms with Gasteiger partial charge < -0.3 is 24.8 Å². The third-order valence-electron chi connectivity index (χ3n) is 4.53. The Balaban J connectivity index is 1.97. The molecule has 1 saturated heterocycles. The van der Waals surface area contributed by atoms with E-state index in [-0.39, 0.29) is 6.61 Å². The minimum absolute atomic E-state index is 0.245. The Hall–Kier alpha value is -0.460. The van der Waals surface area contributed by atoms with E-state index in [4.69, 9.17) is 14.6 Å². The fourth-order valence-electron chi connectivity index (χ4n) is 2.97. The van der Waals surface area contributed by atoms with Gasteiger partial charge in [-0.15, -0.1) is 0 Å². The van der Waals surface area contributed by atoms with E-state index in [2.05, 4.69) is 13.0 Å². The van der Waals surface area contributed by atoms with Gasteiger partial charge in [-0.05, 0) is 12.8 Å². The molecule has 0 amide bonds. The third kappa shape index (κ3) is 8.58. The van der Waals surface area contributed by atoms with Crippen LogP contribution in [0, 0.1) is 0 Å². The van der Waals surface area contributed by atoms with Gasteiger partial charge in [-0.3, -0.25) is 0 Å². The highest BCUT2D eigenvalue weighted by atomic mass is 16.6. The van der Waals surface area contributed by atoms with Crippen molar-refractivity contribution in [2.45, 2.75) is 89.1 Å². The normalized spacial score (nSPS) is 25.6. The number of unbranched alkanes of at least 4 members (excludes halogenated alkanes) is 8. The van der Waals surface area contributed by atoms with Gasteiger partial charge in [0.25, 0.3) is 0 Å². The van der Waals surface area contributed by atoms with Crippen LogP contribution in [0.25, 0.3) is 0 Å². The van der Waals surface area contributed by atoms with Crippen LogP contribution in [0.4, 0.5) is 0 Å². The van der Waals surface area contributed by atoms with Gasteiger partial charge in [0, 0.05) is 0 Å². The highest BCUT2D eigenvalue weighted by molar-refractivity contribution is 4.90. The average molecular weight is 344 g/mol. The summed E-state index contributed by atoms with van der Waals surface area (Å²) in [5.74, 6) is 0. The van der Waals surface area contributed by atoms with Crippen LogP contribution < -0.4 is 0 Å². The second-order valence-electron chi connectivity index (χ2n) is 6.65. The molecule has 1 heterocycles. The van der Waals surface area contributed by atoms with Crippen molar-refractivity contribution < 1.29 is 24.8 Å². The number of aliphatic hydroxyl groups excluding tert-OH is 3. The van der Waals surface area contributed by atoms with Gasteiger partial charge in [-0.2, -0.15) is 0 Å². The lowest BCUT2D eigenvalue weighted by atomic mass is 10.1. The molecule has 0 radical (unpaired) electrons. The standard InChI is InChI=1S/C19H36O5/c1-2-3-4-5-6-7-8-9-10-11-12-13-23-17-15-24-19(18(17)22)16(21)14-20/h11-12,16-22H,2-10,13-15H2,1H3/b12-11+/t16-,17+,18-,19-/m1/s1. The van der Waals surface area contributed by atoms with Gasteiger partial charge in [0.15, 0.2) is 0 Å². The molecular formula is C19H36O5. The summed E-state index contributed by atoms with van der Waals surface area (Å²) in [6.45, 7) is 2.50. The van der Waals surface area contributed by atoms with Crippen molar-refractivity contribution in [1.29, 1.82) is 0 Å². The quantitative estimate of drug-likeness (QED) is 0.333. The van der Waals surface area contributed by atoms with Crippen molar-refractivity contribution in [2.75, 3.05) is 19.8 Å². The minimum Gasteiger partial charge on any atom is -0.394 e. The van der Waals surface area contributed by atoms with Crippen molar-refractivity contribution in [3.05, 3.63) is 12.2 Å². The third-order valence-corrected chi connectivity index (χ3v) is 4.53. The summed E-state index contributed by atoms with van der Waals surface area (Å²) in [5, 5.41) is 28.4. The minimum atomic E-state index is -1.06. The Labute approximate surface area is 146 Å². The largest absolute Gasteiger partial charge is 0.394 e. The first-order valence-corrected chi connectivity index (χ1v) is 9.55. The topological polar surface area (TPSA) is 79.2 Å². The van der Waals surface area contributed by atoms with E-state index in [1.54, 1.807) is 0 Å². The lowest BCUT2D eigenvalue weighted by molar-refractivity contribution is -0.0716. The molecule has 0 unspecified atom stereocenters. The number of ether oxygens (including phenoxy) is 2. The summed E-state index contributed by atoms with van der Waals surface area (Å²) in [6, 6.07) is 0. The van der Waals surface area contributed by atoms with Gasteiger partial charge in [0.1, 0.15) is 24.4 Å². The van der Waals surface area contributed by atoms with E-state index in [9.17, 15) is 10.2 Å². The van der Waals surface area contributed by atoms with Crippen molar-refractivity contribution in [1.82, 2.24) is 0 Å². The molecule has 142 valence electrons. The van der Waals surface area contributed by atoms with Gasteiger partial charge in [0.05, 0.1) is 19.8 Å². The van der Waals surface area contributed by atoms with Crippen molar-refractivity contribution in [2.24, 2.45) is 0 Å². The number of allylic oxidation sites excluding steroid dienone is 1. The molecule has 0 aromatic carbocycles. The first-order valence-electron chi connectivity index (χ1n) is 9.55. The van der Waals surface area contributed by atoms with E-state index in [0.29, 0.717) is 6.61 Å². The molecule has 0 bridgehead atoms. The summed E-state index contributed by atoms with van der Waals surface area (Å²) in [7, 11) is 0. The number of hydrogen-bond acceptors (Lipinski definition) is 5. The summed E-state index contributed by atoms with van der Waals surface area (Å²) in [6.07, 6.45) is 12.6. The maximum atomic E-state index is 9.98. The molecule has 1 rings (SSSR count). The highest BCUT2D eigenvalue weighted by Crippen LogP contribution is 2.20. The van der Waals surface area contributed by atoms with Crippen LogP contribution in [0.5, 0.6) is 0 Å². The molecule has 0 saturated carbocycles. The van der Waals surface area contributed by atoms with Gasteiger partial charge in [-0.25, -0.2) is 0 Å². The molecule has 0 aromatic heterocycles. The molecular weight excluding hydrogens is 308 g/mol. The van der Waals surface area contributed by atoms with Crippen LogP contribution in [-0.2, 0) is 9.47 Å². The van der Waals surface area contributed by atoms with E-state index < -0.39 is 31.0 Å². The lowest BCUT2D eigenvalue weighted by Crippen LogP contribution is -2.41. The van der Waals surface area contributed by atoms with Gasteiger partial charge >= 0.3 is 0 Å². The average Bonchev–Trinajstić information content (AvgIpc) is 2.96. The molecule has 24 heavy (non-hydrogen) atoms. The summed E-state index contributed by atoms with van der Waals surface area (Å²) >= 11 is 0. The molecule has 0 spiro atoms. The van der Waals surface area contributed by atoms with Crippen LogP contribution in [0.15, 0.2) is 12.2 Å². The molecule has 1 fully saturated rings. The van der Waals surface area contributed by atoms with Crippen molar-refractivity contribution in [3.63, 3.8) is 0 Å². The monoisotopic (exact) mass is 344 g/mol. The van der Waals surface area contributed by atoms with E-state index in [1.807, 2.05) is 6.08 Å². The molecule has 1 aliphatic rings. The lowest BCUT2D eigenvalue weighted by Gasteiger charge is -2.20. The summed E-state index contributed by atoms with van der Waals surface area (Å²) in [5.41, 5.74) is 0. The van der Waals surface area contributed by atoms with Crippen LogP contribution in [0.2, 0.25) is 0 Å². The zero-order valence-electron chi connectivity index (χ0n) is 15.1. The Morgan fingerprint density at radius 2 is 1.75 bits per heavy atom. The maximum Gasteiger partial charge on any atom is 0.114 e. The van der Waals surface area contributed by atoms with Crippen LogP contribution >= 0.6 is 0 Å². The van der Waals surface area contributed by atoms with Crippen LogP contribution in [0.3, 0.4) is 0 Å². The second kappa shape index (κ2) is 13.8. The Bertz CT molecular complexity index is 321. The van der Waals surface area contributed by atoms with Gasteiger partial charge in [0.2, 0.25) is 0 Å². The van der Waals surface area contributed by atoms with E-state index in [1.165, 1.54) is 51.4 Å². The SMILES string of the molecule is CCCCCCCCCC/C=C/CO[C@H]1CO[C@H]([C@H](O)CO)[C@@H]1O. The first kappa shape index (κ1) is 21.6. The molecule has 4 atom stereocenters. The zero-order chi connectivity index (χ0) is 17.6. The van der Waals surface area contributed by atoms with Crippen LogP contribution in [-0.4, -0.2) is 59.6 Å². The first-order chi connectivity index (χ1) is 11.7. The number of aliphatic hydroxyl groups is 3. The maximum absolute atomic E-state index is 9.98. The molecule has 3 N–H and O–H groups in total. The molecule has 5 nitrogen and oxygen atoms in total. The van der Waals surface area contributed by atoms with Gasteiger partial charge in [-0.1, -0.05) is 64.0 Å². The highest BCUT2D eigenvalue weighted by Gasteiger charge is 2.40. The van der Waals surface area contributed by atoms with E-state index in [0.717, 1.165) is 6.42 Å². The zero-order valence-corrected chi connectivity index (χ0v) is 15.1. The predicted octanol–water partition coefficient (Wildman–Crippen LogP) is 2.57. The second-order valence-corrected chi connectivity index (χ2v) is 6.65. The molecule has 5 heteroatoms. The molecule has 1 aliphatic heterocycles. The summed E-state index contributed by atoms with van der Waals surface area (Å²) < 4.78 is 10.8. The molecule has 0 aliphatic carbocycles.